The van der Waals surface area contributed by atoms with Crippen molar-refractivity contribution in [2.24, 2.45) is 5.92 Å². The van der Waals surface area contributed by atoms with E-state index in [1.54, 1.807) is 5.56 Å². The summed E-state index contributed by atoms with van der Waals surface area (Å²) in [6.45, 7) is 3.66. The van der Waals surface area contributed by atoms with Crippen LogP contribution in [0.15, 0.2) is 29.2 Å². The minimum atomic E-state index is 0.632. The zero-order chi connectivity index (χ0) is 13.1. The second-order valence-electron chi connectivity index (χ2n) is 5.82. The van der Waals surface area contributed by atoms with Crippen molar-refractivity contribution in [3.8, 4) is 0 Å². The molecule has 0 radical (unpaired) electrons. The zero-order valence-electron chi connectivity index (χ0n) is 11.8. The maximum atomic E-state index is 3.46. The van der Waals surface area contributed by atoms with Crippen molar-refractivity contribution >= 4 is 11.8 Å². The number of nitrogens with zero attached hydrogens (tertiary/aromatic N) is 1. The lowest BCUT2D eigenvalue weighted by Crippen LogP contribution is -2.36. The van der Waals surface area contributed by atoms with Crippen molar-refractivity contribution in [1.82, 2.24) is 10.2 Å². The van der Waals surface area contributed by atoms with Crippen LogP contribution < -0.4 is 5.32 Å². The molecule has 3 rings (SSSR count). The molecule has 0 bridgehead atoms. The number of fused-ring (bicyclic) bond motifs is 1. The fourth-order valence-corrected chi connectivity index (χ4v) is 4.49. The predicted molar refractivity (Wildman–Crippen MR) is 82.7 cm³/mol. The predicted octanol–water partition coefficient (Wildman–Crippen LogP) is 3.15. The number of benzene rings is 1. The summed E-state index contributed by atoms with van der Waals surface area (Å²) >= 11 is 2.02. The summed E-state index contributed by atoms with van der Waals surface area (Å²) in [6.07, 6.45) is 3.98. The third kappa shape index (κ3) is 3.15. The van der Waals surface area contributed by atoms with Crippen molar-refractivity contribution in [3.05, 3.63) is 29.8 Å². The van der Waals surface area contributed by atoms with E-state index in [9.17, 15) is 0 Å². The molecule has 0 amide bonds. The molecule has 2 nitrogen and oxygen atoms in total. The fraction of sp³-hybridized carbons (Fsp3) is 0.625. The molecule has 1 aromatic rings. The summed E-state index contributed by atoms with van der Waals surface area (Å²) in [5.74, 6) is 2.14. The normalized spacial score (nSPS) is 24.4. The third-order valence-corrected chi connectivity index (χ3v) is 5.59. The Balaban J connectivity index is 1.68. The standard InChI is InChI=1S/C16H24N2S/c1-18(12-13-6-9-17-10-7-13)15-8-11-19-16-5-3-2-4-14(15)16/h2-5,13,15,17H,6-12H2,1H3. The minimum Gasteiger partial charge on any atom is -0.317 e. The Morgan fingerprint density at radius 2 is 2.00 bits per heavy atom. The highest BCUT2D eigenvalue weighted by molar-refractivity contribution is 7.99. The molecule has 1 fully saturated rings. The van der Waals surface area contributed by atoms with E-state index in [1.807, 2.05) is 11.8 Å². The van der Waals surface area contributed by atoms with Crippen LogP contribution in [0.2, 0.25) is 0 Å². The first-order valence-corrected chi connectivity index (χ1v) is 8.46. The molecule has 3 heteroatoms. The maximum Gasteiger partial charge on any atom is 0.0364 e. The Hall–Kier alpha value is -0.510. The molecule has 2 heterocycles. The second kappa shape index (κ2) is 6.29. The van der Waals surface area contributed by atoms with Gasteiger partial charge in [-0.25, -0.2) is 0 Å². The van der Waals surface area contributed by atoms with Gasteiger partial charge in [0, 0.05) is 17.5 Å². The summed E-state index contributed by atoms with van der Waals surface area (Å²) in [6, 6.07) is 9.60. The minimum absolute atomic E-state index is 0.632. The van der Waals surface area contributed by atoms with Crippen LogP contribution in [0.3, 0.4) is 0 Å². The lowest BCUT2D eigenvalue weighted by molar-refractivity contribution is 0.180. The SMILES string of the molecule is CN(CC1CCNCC1)C1CCSc2ccccc21. The molecular formula is C16H24N2S. The number of nitrogens with one attached hydrogen (secondary N) is 1. The molecule has 0 spiro atoms. The number of rotatable bonds is 3. The van der Waals surface area contributed by atoms with Crippen molar-refractivity contribution in [1.29, 1.82) is 0 Å². The van der Waals surface area contributed by atoms with E-state index in [-0.39, 0.29) is 0 Å². The van der Waals surface area contributed by atoms with Gasteiger partial charge < -0.3 is 5.32 Å². The Labute approximate surface area is 121 Å². The highest BCUT2D eigenvalue weighted by atomic mass is 32.2. The van der Waals surface area contributed by atoms with Crippen LogP contribution in [0, 0.1) is 5.92 Å². The van der Waals surface area contributed by atoms with Crippen LogP contribution in [0.4, 0.5) is 0 Å². The van der Waals surface area contributed by atoms with E-state index in [0.29, 0.717) is 6.04 Å². The summed E-state index contributed by atoms with van der Waals surface area (Å²) < 4.78 is 0. The van der Waals surface area contributed by atoms with E-state index in [4.69, 9.17) is 0 Å². The van der Waals surface area contributed by atoms with E-state index < -0.39 is 0 Å². The topological polar surface area (TPSA) is 15.3 Å². The number of piperidine rings is 1. The van der Waals surface area contributed by atoms with Gasteiger partial charge in [-0.3, -0.25) is 4.90 Å². The maximum absolute atomic E-state index is 3.46. The van der Waals surface area contributed by atoms with Gasteiger partial charge >= 0.3 is 0 Å². The van der Waals surface area contributed by atoms with Gasteiger partial charge in [0.2, 0.25) is 0 Å². The summed E-state index contributed by atoms with van der Waals surface area (Å²) in [4.78, 5) is 4.10. The van der Waals surface area contributed by atoms with Crippen LogP contribution in [-0.2, 0) is 0 Å². The van der Waals surface area contributed by atoms with Crippen molar-refractivity contribution < 1.29 is 0 Å². The summed E-state index contributed by atoms with van der Waals surface area (Å²) in [5.41, 5.74) is 1.55. The largest absolute Gasteiger partial charge is 0.317 e. The van der Waals surface area contributed by atoms with Crippen LogP contribution in [-0.4, -0.2) is 37.3 Å². The molecule has 0 aromatic heterocycles. The van der Waals surface area contributed by atoms with Crippen LogP contribution in [0.25, 0.3) is 0 Å². The van der Waals surface area contributed by atoms with Gasteiger partial charge in [0.25, 0.3) is 0 Å². The molecule has 0 aliphatic carbocycles. The molecule has 1 N–H and O–H groups in total. The Bertz CT molecular complexity index is 415. The Kier molecular flexibility index (Phi) is 4.46. The Morgan fingerprint density at radius 3 is 2.84 bits per heavy atom. The van der Waals surface area contributed by atoms with Gasteiger partial charge in [0.15, 0.2) is 0 Å². The van der Waals surface area contributed by atoms with Crippen molar-refractivity contribution in [2.45, 2.75) is 30.2 Å². The Morgan fingerprint density at radius 1 is 1.21 bits per heavy atom. The molecule has 104 valence electrons. The van der Waals surface area contributed by atoms with E-state index >= 15 is 0 Å². The molecule has 19 heavy (non-hydrogen) atoms. The first-order chi connectivity index (χ1) is 9.34. The number of hydrogen-bond acceptors (Lipinski definition) is 3. The third-order valence-electron chi connectivity index (χ3n) is 4.46. The highest BCUT2D eigenvalue weighted by Gasteiger charge is 2.25. The van der Waals surface area contributed by atoms with Crippen molar-refractivity contribution in [3.63, 3.8) is 0 Å². The van der Waals surface area contributed by atoms with E-state index in [1.165, 1.54) is 49.5 Å². The second-order valence-corrected chi connectivity index (χ2v) is 6.96. The molecule has 2 aliphatic rings. The number of hydrogen-bond donors (Lipinski definition) is 1. The number of thioether (sulfide) groups is 1. The average molecular weight is 276 g/mol. The first-order valence-electron chi connectivity index (χ1n) is 7.47. The molecular weight excluding hydrogens is 252 g/mol. The van der Waals surface area contributed by atoms with Gasteiger partial charge in [-0.05, 0) is 62.7 Å². The lowest BCUT2D eigenvalue weighted by atomic mass is 9.95. The van der Waals surface area contributed by atoms with E-state index in [2.05, 4.69) is 41.5 Å². The fourth-order valence-electron chi connectivity index (χ4n) is 3.38. The molecule has 1 unspecified atom stereocenters. The molecule has 1 saturated heterocycles. The monoisotopic (exact) mass is 276 g/mol. The van der Waals surface area contributed by atoms with Gasteiger partial charge in [0.1, 0.15) is 0 Å². The van der Waals surface area contributed by atoms with Gasteiger partial charge in [0.05, 0.1) is 0 Å². The van der Waals surface area contributed by atoms with Crippen molar-refractivity contribution in [2.75, 3.05) is 32.4 Å². The summed E-state index contributed by atoms with van der Waals surface area (Å²) in [7, 11) is 2.32. The average Bonchev–Trinajstić information content (AvgIpc) is 2.47. The first kappa shape index (κ1) is 13.5. The molecule has 1 atom stereocenters. The van der Waals surface area contributed by atoms with Crippen LogP contribution >= 0.6 is 11.8 Å². The highest BCUT2D eigenvalue weighted by Crippen LogP contribution is 2.39. The lowest BCUT2D eigenvalue weighted by Gasteiger charge is -2.36. The summed E-state index contributed by atoms with van der Waals surface area (Å²) in [5, 5.41) is 3.46. The van der Waals surface area contributed by atoms with Gasteiger partial charge in [-0.2, -0.15) is 0 Å². The van der Waals surface area contributed by atoms with Crippen LogP contribution in [0.1, 0.15) is 30.9 Å². The smallest absolute Gasteiger partial charge is 0.0364 e. The van der Waals surface area contributed by atoms with E-state index in [0.717, 1.165) is 5.92 Å². The molecule has 2 aliphatic heterocycles. The quantitative estimate of drug-likeness (QED) is 0.913. The van der Waals surface area contributed by atoms with Gasteiger partial charge in [-0.15, -0.1) is 11.8 Å². The zero-order valence-corrected chi connectivity index (χ0v) is 12.6. The molecule has 0 saturated carbocycles. The van der Waals surface area contributed by atoms with Gasteiger partial charge in [-0.1, -0.05) is 18.2 Å². The molecule has 1 aromatic carbocycles. The van der Waals surface area contributed by atoms with Crippen LogP contribution in [0.5, 0.6) is 0 Å².